The second-order valence-corrected chi connectivity index (χ2v) is 5.40. The highest BCUT2D eigenvalue weighted by atomic mass is 16.1. The first-order chi connectivity index (χ1) is 10.0. The zero-order chi connectivity index (χ0) is 15.0. The number of rotatable bonds is 4. The van der Waals surface area contributed by atoms with Crippen LogP contribution in [-0.2, 0) is 13.6 Å². The lowest BCUT2D eigenvalue weighted by Gasteiger charge is -2.14. The van der Waals surface area contributed by atoms with Crippen molar-refractivity contribution in [2.75, 3.05) is 0 Å². The molecule has 110 valence electrons. The number of nitrogens with zero attached hydrogens (tertiary/aromatic N) is 2. The molecule has 3 N–H and O–H groups in total. The number of hydrogen-bond acceptors (Lipinski definition) is 3. The van der Waals surface area contributed by atoms with Crippen LogP contribution in [0.4, 0.5) is 0 Å². The second kappa shape index (κ2) is 5.21. The van der Waals surface area contributed by atoms with E-state index in [0.717, 1.165) is 28.8 Å². The Balaban J connectivity index is 1.75. The molecule has 0 saturated carbocycles. The van der Waals surface area contributed by atoms with Crippen molar-refractivity contribution in [1.29, 1.82) is 0 Å². The van der Waals surface area contributed by atoms with Gasteiger partial charge < -0.3 is 15.3 Å². The van der Waals surface area contributed by atoms with Crippen LogP contribution in [0.3, 0.4) is 0 Å². The van der Waals surface area contributed by atoms with Crippen LogP contribution < -0.4 is 11.0 Å². The summed E-state index contributed by atoms with van der Waals surface area (Å²) in [4.78, 5) is 16.8. The molecule has 3 aromatic rings. The summed E-state index contributed by atoms with van der Waals surface area (Å²) in [7, 11) is 1.93. The minimum atomic E-state index is -0.172. The number of aromatic amines is 2. The number of aromatic nitrogens is 4. The molecule has 1 atom stereocenters. The summed E-state index contributed by atoms with van der Waals surface area (Å²) in [6.45, 7) is 4.89. The molecule has 3 rings (SSSR count). The molecular formula is C15H19N5O. The summed E-state index contributed by atoms with van der Waals surface area (Å²) < 4.78 is 1.83. The van der Waals surface area contributed by atoms with Crippen LogP contribution in [0.25, 0.3) is 11.0 Å². The Kier molecular flexibility index (Phi) is 3.39. The average Bonchev–Trinajstić information content (AvgIpc) is 2.96. The number of nitrogens with one attached hydrogen (secondary N) is 3. The molecule has 21 heavy (non-hydrogen) atoms. The average molecular weight is 285 g/mol. The van der Waals surface area contributed by atoms with Crippen LogP contribution in [-0.4, -0.2) is 19.7 Å². The minimum Gasteiger partial charge on any atom is -0.306 e. The van der Waals surface area contributed by atoms with Crippen molar-refractivity contribution in [3.8, 4) is 0 Å². The first-order valence-corrected chi connectivity index (χ1v) is 6.97. The predicted molar refractivity (Wildman–Crippen MR) is 82.1 cm³/mol. The quantitative estimate of drug-likeness (QED) is 0.683. The van der Waals surface area contributed by atoms with E-state index >= 15 is 0 Å². The predicted octanol–water partition coefficient (Wildman–Crippen LogP) is 1.75. The van der Waals surface area contributed by atoms with Crippen molar-refractivity contribution in [3.63, 3.8) is 0 Å². The van der Waals surface area contributed by atoms with Crippen molar-refractivity contribution >= 4 is 11.0 Å². The summed E-state index contributed by atoms with van der Waals surface area (Å²) in [6, 6.07) is 6.14. The summed E-state index contributed by atoms with van der Waals surface area (Å²) in [5.74, 6) is 0. The molecule has 0 aliphatic heterocycles. The van der Waals surface area contributed by atoms with Crippen molar-refractivity contribution in [2.24, 2.45) is 7.05 Å². The zero-order valence-corrected chi connectivity index (χ0v) is 12.4. The Hall–Kier alpha value is -2.34. The van der Waals surface area contributed by atoms with Crippen molar-refractivity contribution in [2.45, 2.75) is 26.4 Å². The largest absolute Gasteiger partial charge is 0.323 e. The third kappa shape index (κ3) is 2.75. The molecule has 0 aliphatic rings. The van der Waals surface area contributed by atoms with E-state index in [2.05, 4.69) is 27.3 Å². The molecule has 2 heterocycles. The highest BCUT2D eigenvalue weighted by molar-refractivity contribution is 5.75. The van der Waals surface area contributed by atoms with Crippen molar-refractivity contribution < 1.29 is 0 Å². The molecule has 6 heteroatoms. The van der Waals surface area contributed by atoms with E-state index in [0.29, 0.717) is 0 Å². The van der Waals surface area contributed by atoms with Gasteiger partial charge in [0.15, 0.2) is 0 Å². The summed E-state index contributed by atoms with van der Waals surface area (Å²) in [5, 5.41) is 7.82. The van der Waals surface area contributed by atoms with Gasteiger partial charge in [-0.1, -0.05) is 6.07 Å². The minimum absolute atomic E-state index is 0.172. The van der Waals surface area contributed by atoms with Crippen LogP contribution in [0, 0.1) is 6.92 Å². The molecule has 0 radical (unpaired) electrons. The third-order valence-electron chi connectivity index (χ3n) is 3.75. The van der Waals surface area contributed by atoms with Crippen molar-refractivity contribution in [1.82, 2.24) is 25.1 Å². The van der Waals surface area contributed by atoms with Crippen molar-refractivity contribution in [3.05, 3.63) is 51.7 Å². The van der Waals surface area contributed by atoms with E-state index in [1.807, 2.05) is 43.0 Å². The standard InChI is InChI=1S/C15H19N5O/c1-9(16-7-12-8-20(3)19-10(12)2)11-4-5-13-14(6-11)18-15(21)17-13/h4-6,8-9,16H,7H2,1-3H3,(H2,17,18,21). The van der Waals surface area contributed by atoms with Gasteiger partial charge in [-0.15, -0.1) is 0 Å². The van der Waals surface area contributed by atoms with E-state index < -0.39 is 0 Å². The molecule has 0 spiro atoms. The molecule has 6 nitrogen and oxygen atoms in total. The molecule has 0 amide bonds. The molecule has 1 unspecified atom stereocenters. The van der Waals surface area contributed by atoms with Crippen LogP contribution >= 0.6 is 0 Å². The Morgan fingerprint density at radius 2 is 2.10 bits per heavy atom. The summed E-state index contributed by atoms with van der Waals surface area (Å²) in [6.07, 6.45) is 2.03. The second-order valence-electron chi connectivity index (χ2n) is 5.40. The van der Waals surface area contributed by atoms with Gasteiger partial charge in [0.1, 0.15) is 0 Å². The molecule has 0 bridgehead atoms. The van der Waals surface area contributed by atoms with E-state index in [4.69, 9.17) is 0 Å². The lowest BCUT2D eigenvalue weighted by atomic mass is 10.1. The van der Waals surface area contributed by atoms with Crippen LogP contribution in [0.1, 0.15) is 29.8 Å². The molecule has 0 saturated heterocycles. The molecular weight excluding hydrogens is 266 g/mol. The van der Waals surface area contributed by atoms with Gasteiger partial charge in [0.2, 0.25) is 0 Å². The summed E-state index contributed by atoms with van der Waals surface area (Å²) >= 11 is 0. The lowest BCUT2D eigenvalue weighted by Crippen LogP contribution is -2.18. The lowest BCUT2D eigenvalue weighted by molar-refractivity contribution is 0.573. The Morgan fingerprint density at radius 3 is 2.81 bits per heavy atom. The SMILES string of the molecule is Cc1nn(C)cc1CNC(C)c1ccc2[nH]c(=O)[nH]c2c1. The maximum Gasteiger partial charge on any atom is 0.323 e. The monoisotopic (exact) mass is 285 g/mol. The fourth-order valence-corrected chi connectivity index (χ4v) is 2.52. The van der Waals surface area contributed by atoms with E-state index in [9.17, 15) is 4.79 Å². The molecule has 0 fully saturated rings. The van der Waals surface area contributed by atoms with Gasteiger partial charge in [0.25, 0.3) is 0 Å². The van der Waals surface area contributed by atoms with E-state index in [-0.39, 0.29) is 11.7 Å². The van der Waals surface area contributed by atoms with Gasteiger partial charge in [-0.05, 0) is 31.5 Å². The van der Waals surface area contributed by atoms with Gasteiger partial charge in [-0.2, -0.15) is 5.10 Å². The Bertz CT molecular complexity index is 826. The Morgan fingerprint density at radius 1 is 1.33 bits per heavy atom. The first-order valence-electron chi connectivity index (χ1n) is 6.97. The third-order valence-corrected chi connectivity index (χ3v) is 3.75. The maximum absolute atomic E-state index is 11.3. The van der Waals surface area contributed by atoms with Gasteiger partial charge >= 0.3 is 5.69 Å². The smallest absolute Gasteiger partial charge is 0.306 e. The molecule has 2 aromatic heterocycles. The van der Waals surface area contributed by atoms with E-state index in [1.54, 1.807) is 0 Å². The maximum atomic E-state index is 11.3. The van der Waals surface area contributed by atoms with Gasteiger partial charge in [0.05, 0.1) is 16.7 Å². The van der Waals surface area contributed by atoms with Gasteiger partial charge in [-0.25, -0.2) is 4.79 Å². The number of aryl methyl sites for hydroxylation is 2. The first kappa shape index (κ1) is 13.6. The molecule has 0 aliphatic carbocycles. The number of benzene rings is 1. The fraction of sp³-hybridized carbons (Fsp3) is 0.333. The number of imidazole rings is 1. The highest BCUT2D eigenvalue weighted by Crippen LogP contribution is 2.17. The fourth-order valence-electron chi connectivity index (χ4n) is 2.52. The number of fused-ring (bicyclic) bond motifs is 1. The highest BCUT2D eigenvalue weighted by Gasteiger charge is 2.09. The van der Waals surface area contributed by atoms with Gasteiger partial charge in [-0.3, -0.25) is 4.68 Å². The Labute approximate surface area is 122 Å². The van der Waals surface area contributed by atoms with Crippen LogP contribution in [0.15, 0.2) is 29.2 Å². The zero-order valence-electron chi connectivity index (χ0n) is 12.4. The molecule has 1 aromatic carbocycles. The summed E-state index contributed by atoms with van der Waals surface area (Å²) in [5.41, 5.74) is 4.87. The van der Waals surface area contributed by atoms with Gasteiger partial charge in [0, 0.05) is 31.4 Å². The normalized spacial score (nSPS) is 12.9. The van der Waals surface area contributed by atoms with E-state index in [1.165, 1.54) is 5.56 Å². The topological polar surface area (TPSA) is 78.5 Å². The van der Waals surface area contributed by atoms with Crippen LogP contribution in [0.5, 0.6) is 0 Å². The number of hydrogen-bond donors (Lipinski definition) is 3. The number of H-pyrrole nitrogens is 2. The van der Waals surface area contributed by atoms with Crippen LogP contribution in [0.2, 0.25) is 0 Å².